The predicted octanol–water partition coefficient (Wildman–Crippen LogP) is 2.78. The molecule has 142 valence electrons. The standard InChI is InChI=1S/C21H25N3O3/c1-21(2,3)20-23-16(18(25)24(20)4)17(14-10-12-22-13-11-14)27-19(26)15-8-6-5-7-9-15/h5-13,16-17,20,23H,1-4H3. The molecule has 1 aliphatic heterocycles. The minimum Gasteiger partial charge on any atom is -0.452 e. The van der Waals surface area contributed by atoms with Crippen LogP contribution in [0.4, 0.5) is 0 Å². The van der Waals surface area contributed by atoms with Gasteiger partial charge in [0.1, 0.15) is 6.04 Å². The van der Waals surface area contributed by atoms with Gasteiger partial charge in [-0.3, -0.25) is 15.1 Å². The summed E-state index contributed by atoms with van der Waals surface area (Å²) in [7, 11) is 1.77. The van der Waals surface area contributed by atoms with E-state index in [2.05, 4.69) is 31.1 Å². The van der Waals surface area contributed by atoms with Crippen LogP contribution >= 0.6 is 0 Å². The van der Waals surface area contributed by atoms with Crippen molar-refractivity contribution >= 4 is 11.9 Å². The number of amides is 1. The molecule has 0 spiro atoms. The molecular formula is C21H25N3O3. The van der Waals surface area contributed by atoms with Gasteiger partial charge in [0.15, 0.2) is 6.10 Å². The Morgan fingerprint density at radius 3 is 2.33 bits per heavy atom. The number of nitrogens with one attached hydrogen (secondary N) is 1. The second kappa shape index (κ2) is 7.48. The van der Waals surface area contributed by atoms with Crippen LogP contribution in [0, 0.1) is 5.41 Å². The molecule has 0 aliphatic carbocycles. The minimum absolute atomic E-state index is 0.0994. The summed E-state index contributed by atoms with van der Waals surface area (Å²) >= 11 is 0. The number of ether oxygens (including phenoxy) is 1. The number of rotatable bonds is 4. The van der Waals surface area contributed by atoms with Crippen LogP contribution in [0.15, 0.2) is 54.9 Å². The molecule has 2 aromatic rings. The van der Waals surface area contributed by atoms with E-state index in [4.69, 9.17) is 4.74 Å². The van der Waals surface area contributed by atoms with E-state index in [1.807, 2.05) is 6.07 Å². The highest BCUT2D eigenvalue weighted by atomic mass is 16.5. The number of pyridine rings is 1. The van der Waals surface area contributed by atoms with Crippen molar-refractivity contribution in [3.8, 4) is 0 Å². The van der Waals surface area contributed by atoms with Crippen LogP contribution in [0.25, 0.3) is 0 Å². The van der Waals surface area contributed by atoms with Crippen LogP contribution in [0.2, 0.25) is 0 Å². The number of benzene rings is 1. The summed E-state index contributed by atoms with van der Waals surface area (Å²) in [4.78, 5) is 31.3. The molecule has 6 heteroatoms. The summed E-state index contributed by atoms with van der Waals surface area (Å²) in [6.45, 7) is 6.19. The lowest BCUT2D eigenvalue weighted by molar-refractivity contribution is -0.131. The highest BCUT2D eigenvalue weighted by Crippen LogP contribution is 2.32. The van der Waals surface area contributed by atoms with Gasteiger partial charge in [0.05, 0.1) is 11.7 Å². The Morgan fingerprint density at radius 1 is 1.15 bits per heavy atom. The van der Waals surface area contributed by atoms with Gasteiger partial charge in [0.25, 0.3) is 0 Å². The molecule has 0 bridgehead atoms. The van der Waals surface area contributed by atoms with E-state index >= 15 is 0 Å². The number of hydrogen-bond acceptors (Lipinski definition) is 5. The Bertz CT molecular complexity index is 802. The topological polar surface area (TPSA) is 71.5 Å². The Balaban J connectivity index is 1.92. The fourth-order valence-corrected chi connectivity index (χ4v) is 3.39. The first-order valence-corrected chi connectivity index (χ1v) is 8.97. The summed E-state index contributed by atoms with van der Waals surface area (Å²) in [6, 6.07) is 11.7. The van der Waals surface area contributed by atoms with Crippen molar-refractivity contribution in [1.82, 2.24) is 15.2 Å². The Morgan fingerprint density at radius 2 is 1.78 bits per heavy atom. The summed E-state index contributed by atoms with van der Waals surface area (Å²) in [5.41, 5.74) is 1.01. The molecule has 1 aromatic carbocycles. The molecule has 3 unspecified atom stereocenters. The van der Waals surface area contributed by atoms with Crippen LogP contribution in [-0.2, 0) is 9.53 Å². The summed E-state index contributed by atoms with van der Waals surface area (Å²) < 4.78 is 5.81. The maximum absolute atomic E-state index is 13.0. The fourth-order valence-electron chi connectivity index (χ4n) is 3.39. The smallest absolute Gasteiger partial charge is 0.338 e. The molecular weight excluding hydrogens is 342 g/mol. The third kappa shape index (κ3) is 4.01. The van der Waals surface area contributed by atoms with Crippen LogP contribution in [0.1, 0.15) is 42.8 Å². The zero-order valence-corrected chi connectivity index (χ0v) is 16.0. The molecule has 3 rings (SSSR count). The molecule has 1 aliphatic rings. The van der Waals surface area contributed by atoms with Gasteiger partial charge >= 0.3 is 5.97 Å². The summed E-state index contributed by atoms with van der Waals surface area (Å²) in [6.07, 6.45) is 2.35. The Hall–Kier alpha value is -2.73. The largest absolute Gasteiger partial charge is 0.452 e. The molecule has 1 fully saturated rings. The zero-order valence-electron chi connectivity index (χ0n) is 16.0. The average molecular weight is 367 g/mol. The van der Waals surface area contributed by atoms with Crippen molar-refractivity contribution in [3.05, 3.63) is 66.0 Å². The average Bonchev–Trinajstić information content (AvgIpc) is 2.96. The van der Waals surface area contributed by atoms with Crippen molar-refractivity contribution < 1.29 is 14.3 Å². The molecule has 1 aromatic heterocycles. The molecule has 0 saturated carbocycles. The normalized spacial score (nSPS) is 21.2. The van der Waals surface area contributed by atoms with Crippen LogP contribution in [0.3, 0.4) is 0 Å². The maximum Gasteiger partial charge on any atom is 0.338 e. The first kappa shape index (κ1) is 19.0. The van der Waals surface area contributed by atoms with E-state index in [0.717, 1.165) is 5.56 Å². The van der Waals surface area contributed by atoms with E-state index in [1.54, 1.807) is 60.7 Å². The van der Waals surface area contributed by atoms with Crippen molar-refractivity contribution in [3.63, 3.8) is 0 Å². The number of esters is 1. The SMILES string of the molecule is CN1C(=O)C(C(OC(=O)c2ccccc2)c2ccncc2)NC1C(C)(C)C. The van der Waals surface area contributed by atoms with E-state index in [9.17, 15) is 9.59 Å². The number of likely N-dealkylation sites (N-methyl/N-ethyl adjacent to an activating group) is 1. The van der Waals surface area contributed by atoms with Crippen LogP contribution in [-0.4, -0.2) is 41.0 Å². The first-order chi connectivity index (χ1) is 12.8. The molecule has 0 radical (unpaired) electrons. The van der Waals surface area contributed by atoms with Gasteiger partial charge in [0, 0.05) is 19.4 Å². The van der Waals surface area contributed by atoms with E-state index < -0.39 is 18.1 Å². The fraction of sp³-hybridized carbons (Fsp3) is 0.381. The van der Waals surface area contributed by atoms with Gasteiger partial charge in [-0.15, -0.1) is 0 Å². The van der Waals surface area contributed by atoms with Crippen LogP contribution < -0.4 is 5.32 Å². The Labute approximate surface area is 159 Å². The highest BCUT2D eigenvalue weighted by molar-refractivity contribution is 5.90. The molecule has 2 heterocycles. The van der Waals surface area contributed by atoms with E-state index in [-0.39, 0.29) is 17.5 Å². The van der Waals surface area contributed by atoms with E-state index in [1.165, 1.54) is 0 Å². The zero-order chi connectivity index (χ0) is 19.6. The highest BCUT2D eigenvalue weighted by Gasteiger charge is 2.47. The lowest BCUT2D eigenvalue weighted by Gasteiger charge is -2.32. The van der Waals surface area contributed by atoms with E-state index in [0.29, 0.717) is 5.56 Å². The minimum atomic E-state index is -0.747. The molecule has 6 nitrogen and oxygen atoms in total. The van der Waals surface area contributed by atoms with Crippen molar-refractivity contribution in [2.24, 2.45) is 5.41 Å². The Kier molecular flexibility index (Phi) is 5.28. The number of carbonyl (C=O) groups excluding carboxylic acids is 2. The lowest BCUT2D eigenvalue weighted by atomic mass is 9.92. The molecule has 1 N–H and O–H groups in total. The number of nitrogens with zero attached hydrogens (tertiary/aromatic N) is 2. The third-order valence-corrected chi connectivity index (χ3v) is 4.74. The first-order valence-electron chi connectivity index (χ1n) is 8.97. The molecule has 1 amide bonds. The third-order valence-electron chi connectivity index (χ3n) is 4.74. The number of hydrogen-bond donors (Lipinski definition) is 1. The van der Waals surface area contributed by atoms with Gasteiger partial charge in [-0.2, -0.15) is 0 Å². The van der Waals surface area contributed by atoms with Gasteiger partial charge in [0.2, 0.25) is 5.91 Å². The van der Waals surface area contributed by atoms with Crippen LogP contribution in [0.5, 0.6) is 0 Å². The number of carbonyl (C=O) groups is 2. The maximum atomic E-state index is 13.0. The number of aromatic nitrogens is 1. The van der Waals surface area contributed by atoms with Crippen molar-refractivity contribution in [2.45, 2.75) is 39.1 Å². The van der Waals surface area contributed by atoms with Gasteiger partial charge in [-0.25, -0.2) is 4.79 Å². The van der Waals surface area contributed by atoms with Crippen molar-refractivity contribution in [1.29, 1.82) is 0 Å². The van der Waals surface area contributed by atoms with Gasteiger partial charge in [-0.1, -0.05) is 39.0 Å². The second-order valence-electron chi connectivity index (χ2n) is 7.83. The summed E-state index contributed by atoms with van der Waals surface area (Å²) in [5, 5.41) is 3.36. The quantitative estimate of drug-likeness (QED) is 0.842. The molecule has 3 atom stereocenters. The predicted molar refractivity (Wildman–Crippen MR) is 102 cm³/mol. The molecule has 27 heavy (non-hydrogen) atoms. The van der Waals surface area contributed by atoms with Gasteiger partial charge in [-0.05, 0) is 35.2 Å². The summed E-state index contributed by atoms with van der Waals surface area (Å²) in [5.74, 6) is -0.563. The monoisotopic (exact) mass is 367 g/mol. The van der Waals surface area contributed by atoms with Crippen molar-refractivity contribution in [2.75, 3.05) is 7.05 Å². The second-order valence-corrected chi connectivity index (χ2v) is 7.83. The molecule has 1 saturated heterocycles. The lowest BCUT2D eigenvalue weighted by Crippen LogP contribution is -2.46. The van der Waals surface area contributed by atoms with Gasteiger partial charge < -0.3 is 9.64 Å².